The third-order valence-electron chi connectivity index (χ3n) is 4.29. The van der Waals surface area contributed by atoms with Crippen molar-refractivity contribution in [1.82, 2.24) is 15.6 Å². The molecule has 0 bridgehead atoms. The molecule has 27 heavy (non-hydrogen) atoms. The van der Waals surface area contributed by atoms with E-state index in [0.29, 0.717) is 27.6 Å². The summed E-state index contributed by atoms with van der Waals surface area (Å²) in [6, 6.07) is 11.2. The average Bonchev–Trinajstić information content (AvgIpc) is 3.07. The lowest BCUT2D eigenvalue weighted by Gasteiger charge is -2.21. The number of piperidine rings is 1. The largest absolute Gasteiger partial charge is 0.436 e. The molecule has 7 nitrogen and oxygen atoms in total. The molecule has 4 rings (SSSR count). The van der Waals surface area contributed by atoms with E-state index in [1.165, 1.54) is 0 Å². The van der Waals surface area contributed by atoms with Gasteiger partial charge in [-0.25, -0.2) is 4.98 Å². The minimum atomic E-state index is -0.729. The van der Waals surface area contributed by atoms with Crippen molar-refractivity contribution in [3.63, 3.8) is 0 Å². The second kappa shape index (κ2) is 6.85. The maximum atomic E-state index is 12.4. The van der Waals surface area contributed by atoms with E-state index in [9.17, 15) is 14.4 Å². The van der Waals surface area contributed by atoms with Crippen LogP contribution in [-0.2, 0) is 9.59 Å². The molecule has 2 N–H and O–H groups in total. The molecule has 2 aromatic carbocycles. The predicted octanol–water partition coefficient (Wildman–Crippen LogP) is 2.68. The van der Waals surface area contributed by atoms with Crippen LogP contribution < -0.4 is 10.6 Å². The van der Waals surface area contributed by atoms with Gasteiger partial charge in [-0.3, -0.25) is 19.7 Å². The summed E-state index contributed by atoms with van der Waals surface area (Å²) in [5.74, 6) is -0.816. The predicted molar refractivity (Wildman–Crippen MR) is 98.1 cm³/mol. The highest BCUT2D eigenvalue weighted by Crippen LogP contribution is 2.26. The third kappa shape index (κ3) is 3.54. The minimum absolute atomic E-state index is 0.198. The van der Waals surface area contributed by atoms with Crippen LogP contribution in [-0.4, -0.2) is 28.7 Å². The summed E-state index contributed by atoms with van der Waals surface area (Å²) in [5, 5.41) is 5.46. The van der Waals surface area contributed by atoms with Crippen molar-refractivity contribution >= 4 is 40.4 Å². The van der Waals surface area contributed by atoms with E-state index in [4.69, 9.17) is 16.0 Å². The lowest BCUT2D eigenvalue weighted by Crippen LogP contribution is -2.52. The molecule has 1 unspecified atom stereocenters. The van der Waals surface area contributed by atoms with E-state index >= 15 is 0 Å². The van der Waals surface area contributed by atoms with E-state index in [-0.39, 0.29) is 18.7 Å². The van der Waals surface area contributed by atoms with Crippen LogP contribution in [0.25, 0.3) is 22.6 Å². The maximum absolute atomic E-state index is 12.4. The van der Waals surface area contributed by atoms with Gasteiger partial charge in [0.25, 0.3) is 5.91 Å². The number of nitrogens with one attached hydrogen (secondary N) is 2. The lowest BCUT2D eigenvalue weighted by molar-refractivity contribution is -0.134. The molecule has 1 atom stereocenters. The first kappa shape index (κ1) is 17.2. The number of carbonyl (C=O) groups excluding carboxylic acids is 3. The molecule has 0 saturated carbocycles. The van der Waals surface area contributed by atoms with Crippen LogP contribution in [0.4, 0.5) is 0 Å². The number of fused-ring (bicyclic) bond motifs is 1. The molecule has 1 saturated heterocycles. The fourth-order valence-electron chi connectivity index (χ4n) is 2.86. The molecular formula is C19H14ClN3O4. The van der Waals surface area contributed by atoms with Crippen molar-refractivity contribution < 1.29 is 18.8 Å². The molecule has 8 heteroatoms. The quantitative estimate of drug-likeness (QED) is 0.677. The van der Waals surface area contributed by atoms with E-state index in [2.05, 4.69) is 15.6 Å². The fraction of sp³-hybridized carbons (Fsp3) is 0.158. The number of benzene rings is 2. The van der Waals surface area contributed by atoms with Crippen LogP contribution in [0.3, 0.4) is 0 Å². The molecule has 1 fully saturated rings. The highest BCUT2D eigenvalue weighted by molar-refractivity contribution is 6.30. The minimum Gasteiger partial charge on any atom is -0.436 e. The second-order valence-electron chi connectivity index (χ2n) is 6.19. The van der Waals surface area contributed by atoms with Gasteiger partial charge in [0.2, 0.25) is 17.7 Å². The standard InChI is InChI=1S/C19H14ClN3O4/c20-12-4-1-10(2-5-12)19-22-14-9-11(3-7-15(14)27-19)17(25)21-13-6-8-16(24)23-18(13)26/h1-5,7,9,13H,6,8H2,(H,21,25)(H,23,24,26). The number of imide groups is 1. The Morgan fingerprint density at radius 3 is 2.70 bits per heavy atom. The summed E-state index contributed by atoms with van der Waals surface area (Å²) in [6.45, 7) is 0. The summed E-state index contributed by atoms with van der Waals surface area (Å²) in [6.07, 6.45) is 0.479. The Balaban J connectivity index is 1.56. The zero-order valence-electron chi connectivity index (χ0n) is 14.0. The number of carbonyl (C=O) groups is 3. The van der Waals surface area contributed by atoms with Gasteiger partial charge in [-0.05, 0) is 48.9 Å². The van der Waals surface area contributed by atoms with Crippen molar-refractivity contribution in [3.05, 3.63) is 53.1 Å². The zero-order chi connectivity index (χ0) is 19.0. The second-order valence-corrected chi connectivity index (χ2v) is 6.62. The van der Waals surface area contributed by atoms with Gasteiger partial charge in [-0.2, -0.15) is 0 Å². The number of amides is 3. The van der Waals surface area contributed by atoms with E-state index in [0.717, 1.165) is 5.56 Å². The SMILES string of the molecule is O=C1CCC(NC(=O)c2ccc3oc(-c4ccc(Cl)cc4)nc3c2)C(=O)N1. The first-order valence-corrected chi connectivity index (χ1v) is 8.68. The van der Waals surface area contributed by atoms with Crippen LogP contribution in [0, 0.1) is 0 Å². The van der Waals surface area contributed by atoms with Crippen LogP contribution in [0.2, 0.25) is 5.02 Å². The molecule has 136 valence electrons. The topological polar surface area (TPSA) is 101 Å². The first-order chi connectivity index (χ1) is 13.0. The molecular weight excluding hydrogens is 370 g/mol. The van der Waals surface area contributed by atoms with E-state index in [1.807, 2.05) is 0 Å². The molecule has 1 aliphatic heterocycles. The van der Waals surface area contributed by atoms with Gasteiger partial charge < -0.3 is 9.73 Å². The third-order valence-corrected chi connectivity index (χ3v) is 4.54. The van der Waals surface area contributed by atoms with E-state index in [1.54, 1.807) is 42.5 Å². The van der Waals surface area contributed by atoms with Crippen molar-refractivity contribution in [2.45, 2.75) is 18.9 Å². The van der Waals surface area contributed by atoms with Gasteiger partial charge in [-0.15, -0.1) is 0 Å². The van der Waals surface area contributed by atoms with Crippen LogP contribution in [0.1, 0.15) is 23.2 Å². The molecule has 2 heterocycles. The summed E-state index contributed by atoms with van der Waals surface area (Å²) < 4.78 is 5.72. The monoisotopic (exact) mass is 383 g/mol. The summed E-state index contributed by atoms with van der Waals surface area (Å²) in [7, 11) is 0. The molecule has 0 radical (unpaired) electrons. The van der Waals surface area contributed by atoms with Crippen molar-refractivity contribution in [2.75, 3.05) is 0 Å². The Morgan fingerprint density at radius 2 is 1.96 bits per heavy atom. The molecule has 1 aliphatic rings. The average molecular weight is 384 g/mol. The Labute approximate surface area is 158 Å². The summed E-state index contributed by atoms with van der Waals surface area (Å²) in [4.78, 5) is 39.8. The van der Waals surface area contributed by atoms with Crippen molar-refractivity contribution in [3.8, 4) is 11.5 Å². The number of oxazole rings is 1. The van der Waals surface area contributed by atoms with Gasteiger partial charge in [0.1, 0.15) is 11.6 Å². The van der Waals surface area contributed by atoms with Gasteiger partial charge in [0.05, 0.1) is 0 Å². The molecule has 0 spiro atoms. The molecule has 1 aromatic heterocycles. The van der Waals surface area contributed by atoms with Crippen LogP contribution in [0.5, 0.6) is 0 Å². The smallest absolute Gasteiger partial charge is 0.252 e. The van der Waals surface area contributed by atoms with Gasteiger partial charge in [0, 0.05) is 22.6 Å². The van der Waals surface area contributed by atoms with E-state index < -0.39 is 17.9 Å². The van der Waals surface area contributed by atoms with Crippen LogP contribution in [0.15, 0.2) is 46.9 Å². The Hall–Kier alpha value is -3.19. The molecule has 3 aromatic rings. The zero-order valence-corrected chi connectivity index (χ0v) is 14.7. The molecule has 3 amide bonds. The Bertz CT molecular complexity index is 1060. The summed E-state index contributed by atoms with van der Waals surface area (Å²) in [5.41, 5.74) is 2.18. The molecule has 0 aliphatic carbocycles. The number of halogens is 1. The summed E-state index contributed by atoms with van der Waals surface area (Å²) >= 11 is 5.89. The number of hydrogen-bond acceptors (Lipinski definition) is 5. The number of rotatable bonds is 3. The van der Waals surface area contributed by atoms with Gasteiger partial charge >= 0.3 is 0 Å². The highest BCUT2D eigenvalue weighted by atomic mass is 35.5. The van der Waals surface area contributed by atoms with Crippen LogP contribution >= 0.6 is 11.6 Å². The lowest BCUT2D eigenvalue weighted by atomic mass is 10.1. The number of aromatic nitrogens is 1. The van der Waals surface area contributed by atoms with Crippen molar-refractivity contribution in [2.24, 2.45) is 0 Å². The number of hydrogen-bond donors (Lipinski definition) is 2. The van der Waals surface area contributed by atoms with Gasteiger partial charge in [-0.1, -0.05) is 11.6 Å². The fourth-order valence-corrected chi connectivity index (χ4v) is 2.98. The highest BCUT2D eigenvalue weighted by Gasteiger charge is 2.28. The first-order valence-electron chi connectivity index (χ1n) is 8.31. The Morgan fingerprint density at radius 1 is 1.19 bits per heavy atom. The maximum Gasteiger partial charge on any atom is 0.252 e. The normalized spacial score (nSPS) is 17.0. The number of nitrogens with zero attached hydrogens (tertiary/aromatic N) is 1. The Kier molecular flexibility index (Phi) is 4.37. The van der Waals surface area contributed by atoms with Gasteiger partial charge in [0.15, 0.2) is 5.58 Å². The van der Waals surface area contributed by atoms with Crippen molar-refractivity contribution in [1.29, 1.82) is 0 Å².